The summed E-state index contributed by atoms with van der Waals surface area (Å²) in [7, 11) is 1.46. The van der Waals surface area contributed by atoms with Crippen molar-refractivity contribution < 1.29 is 24.2 Å². The Balaban J connectivity index is 2.47. The number of carboxylic acid groups (broad SMARTS) is 1. The zero-order valence-corrected chi connectivity index (χ0v) is 12.8. The molecule has 0 aliphatic rings. The minimum Gasteiger partial charge on any atom is -0.493 e. The van der Waals surface area contributed by atoms with Crippen molar-refractivity contribution in [2.45, 2.75) is 6.92 Å². The van der Waals surface area contributed by atoms with Crippen LogP contribution in [-0.4, -0.2) is 24.2 Å². The molecule has 0 atom stereocenters. The van der Waals surface area contributed by atoms with E-state index in [-0.39, 0.29) is 11.3 Å². The molecule has 0 saturated heterocycles. The lowest BCUT2D eigenvalue weighted by molar-refractivity contribution is -0.132. The van der Waals surface area contributed by atoms with Gasteiger partial charge in [0, 0.05) is 6.92 Å². The number of carbonyl (C=O) groups excluding carboxylic acids is 1. The number of carboxylic acids is 1. The maximum Gasteiger partial charge on any atom is 0.336 e. The normalized spacial score (nSPS) is 11.0. The van der Waals surface area contributed by atoms with E-state index in [0.29, 0.717) is 16.9 Å². The molecule has 23 heavy (non-hydrogen) atoms. The molecule has 0 heterocycles. The van der Waals surface area contributed by atoms with Gasteiger partial charge in [-0.2, -0.15) is 0 Å². The Morgan fingerprint density at radius 3 is 2.30 bits per heavy atom. The van der Waals surface area contributed by atoms with E-state index >= 15 is 0 Å². The molecule has 0 saturated carbocycles. The first-order valence-corrected chi connectivity index (χ1v) is 6.88. The highest BCUT2D eigenvalue weighted by Gasteiger charge is 2.12. The largest absolute Gasteiger partial charge is 0.493 e. The van der Waals surface area contributed by atoms with Gasteiger partial charge in [-0.05, 0) is 29.3 Å². The topological polar surface area (TPSA) is 72.8 Å². The van der Waals surface area contributed by atoms with Crippen LogP contribution in [0.1, 0.15) is 18.1 Å². The third-order valence-corrected chi connectivity index (χ3v) is 3.07. The summed E-state index contributed by atoms with van der Waals surface area (Å²) in [5.74, 6) is -0.882. The number of rotatable bonds is 5. The van der Waals surface area contributed by atoms with Gasteiger partial charge in [0.1, 0.15) is 0 Å². The number of esters is 1. The highest BCUT2D eigenvalue weighted by atomic mass is 16.6. The molecule has 0 bridgehead atoms. The van der Waals surface area contributed by atoms with Gasteiger partial charge in [0.25, 0.3) is 0 Å². The summed E-state index contributed by atoms with van der Waals surface area (Å²) in [6.45, 7) is 1.29. The summed E-state index contributed by atoms with van der Waals surface area (Å²) in [6.07, 6.45) is 1.52. The average molecular weight is 312 g/mol. The van der Waals surface area contributed by atoms with Crippen molar-refractivity contribution in [3.63, 3.8) is 0 Å². The molecule has 2 rings (SSSR count). The van der Waals surface area contributed by atoms with E-state index in [2.05, 4.69) is 0 Å². The van der Waals surface area contributed by atoms with Crippen molar-refractivity contribution >= 4 is 23.6 Å². The first-order chi connectivity index (χ1) is 11.0. The fourth-order valence-corrected chi connectivity index (χ4v) is 2.07. The summed E-state index contributed by atoms with van der Waals surface area (Å²) in [4.78, 5) is 22.7. The predicted octanol–water partition coefficient (Wildman–Crippen LogP) is 3.25. The van der Waals surface area contributed by atoms with Crippen LogP contribution in [-0.2, 0) is 9.59 Å². The van der Waals surface area contributed by atoms with Gasteiger partial charge in [-0.25, -0.2) is 4.79 Å². The summed E-state index contributed by atoms with van der Waals surface area (Å²) >= 11 is 0. The first-order valence-electron chi connectivity index (χ1n) is 6.88. The maximum atomic E-state index is 11.5. The molecule has 1 N–H and O–H groups in total. The fraction of sp³-hybridized carbons (Fsp3) is 0.111. The molecule has 0 radical (unpaired) electrons. The Morgan fingerprint density at radius 2 is 1.74 bits per heavy atom. The van der Waals surface area contributed by atoms with Crippen LogP contribution in [0.15, 0.2) is 48.5 Å². The van der Waals surface area contributed by atoms with E-state index in [1.165, 1.54) is 20.1 Å². The monoisotopic (exact) mass is 312 g/mol. The van der Waals surface area contributed by atoms with Crippen molar-refractivity contribution in [2.75, 3.05) is 7.11 Å². The minimum absolute atomic E-state index is 0.143. The molecular weight excluding hydrogens is 296 g/mol. The number of hydrogen-bond donors (Lipinski definition) is 1. The third-order valence-electron chi connectivity index (χ3n) is 3.07. The second-order valence-electron chi connectivity index (χ2n) is 4.73. The van der Waals surface area contributed by atoms with Crippen molar-refractivity contribution in [3.05, 3.63) is 59.7 Å². The molecule has 118 valence electrons. The van der Waals surface area contributed by atoms with Gasteiger partial charge < -0.3 is 14.6 Å². The highest BCUT2D eigenvalue weighted by molar-refractivity contribution is 6.20. The van der Waals surface area contributed by atoms with Gasteiger partial charge in [0.2, 0.25) is 0 Å². The molecule has 2 aromatic rings. The van der Waals surface area contributed by atoms with Crippen LogP contribution < -0.4 is 9.47 Å². The highest BCUT2D eigenvalue weighted by Crippen LogP contribution is 2.30. The van der Waals surface area contributed by atoms with E-state index in [9.17, 15) is 14.7 Å². The average Bonchev–Trinajstić information content (AvgIpc) is 2.53. The van der Waals surface area contributed by atoms with Gasteiger partial charge in [-0.1, -0.05) is 36.4 Å². The van der Waals surface area contributed by atoms with Crippen LogP contribution in [0.3, 0.4) is 0 Å². The molecule has 0 aliphatic carbocycles. The lowest BCUT2D eigenvalue weighted by atomic mass is 10.0. The van der Waals surface area contributed by atoms with Crippen molar-refractivity contribution in [2.24, 2.45) is 0 Å². The number of ether oxygens (including phenoxy) is 2. The quantitative estimate of drug-likeness (QED) is 0.397. The van der Waals surface area contributed by atoms with Crippen LogP contribution in [0.25, 0.3) is 11.6 Å². The molecule has 5 heteroatoms. The molecule has 0 unspecified atom stereocenters. The van der Waals surface area contributed by atoms with E-state index in [1.54, 1.807) is 42.5 Å². The fourth-order valence-electron chi connectivity index (χ4n) is 2.07. The summed E-state index contributed by atoms with van der Waals surface area (Å²) < 4.78 is 10.2. The Labute approximate surface area is 133 Å². The second kappa shape index (κ2) is 7.26. The third kappa shape index (κ3) is 4.20. The van der Waals surface area contributed by atoms with Crippen molar-refractivity contribution in [1.29, 1.82) is 0 Å². The van der Waals surface area contributed by atoms with Gasteiger partial charge in [0.05, 0.1) is 12.7 Å². The Hall–Kier alpha value is -3.08. The van der Waals surface area contributed by atoms with E-state index in [1.807, 2.05) is 6.07 Å². The standard InChI is InChI=1S/C18H16O5/c1-12(19)23-17-11-13(8-9-16(17)22-2)10-15(18(20)21)14-6-4-3-5-7-14/h3-11H,1-2H3,(H,20,21). The summed E-state index contributed by atoms with van der Waals surface area (Å²) in [5, 5.41) is 9.43. The number of carbonyl (C=O) groups is 2. The Morgan fingerprint density at radius 1 is 1.04 bits per heavy atom. The second-order valence-corrected chi connectivity index (χ2v) is 4.73. The van der Waals surface area contributed by atoms with Crippen LogP contribution in [0.5, 0.6) is 11.5 Å². The van der Waals surface area contributed by atoms with E-state index in [4.69, 9.17) is 9.47 Å². The van der Waals surface area contributed by atoms with Gasteiger partial charge >= 0.3 is 11.9 Å². The molecular formula is C18H16O5. The molecule has 5 nitrogen and oxygen atoms in total. The number of aliphatic carboxylic acids is 1. The van der Waals surface area contributed by atoms with E-state index in [0.717, 1.165) is 0 Å². The lowest BCUT2D eigenvalue weighted by Gasteiger charge is -2.09. The van der Waals surface area contributed by atoms with Crippen LogP contribution in [0.4, 0.5) is 0 Å². The van der Waals surface area contributed by atoms with Gasteiger partial charge in [-0.15, -0.1) is 0 Å². The van der Waals surface area contributed by atoms with Crippen molar-refractivity contribution in [1.82, 2.24) is 0 Å². The first kappa shape index (κ1) is 16.3. The Bertz CT molecular complexity index is 747. The number of hydrogen-bond acceptors (Lipinski definition) is 4. The van der Waals surface area contributed by atoms with Gasteiger partial charge in [0.15, 0.2) is 11.5 Å². The Kier molecular flexibility index (Phi) is 5.15. The zero-order valence-electron chi connectivity index (χ0n) is 12.8. The molecule has 0 spiro atoms. The zero-order chi connectivity index (χ0) is 16.8. The number of benzene rings is 2. The lowest BCUT2D eigenvalue weighted by Crippen LogP contribution is -2.03. The van der Waals surface area contributed by atoms with Gasteiger partial charge in [-0.3, -0.25) is 4.79 Å². The molecule has 0 fully saturated rings. The number of methoxy groups -OCH3 is 1. The van der Waals surface area contributed by atoms with Crippen molar-refractivity contribution in [3.8, 4) is 11.5 Å². The molecule has 0 aromatic heterocycles. The SMILES string of the molecule is COc1ccc(C=C(C(=O)O)c2ccccc2)cc1OC(C)=O. The minimum atomic E-state index is -1.04. The smallest absolute Gasteiger partial charge is 0.336 e. The predicted molar refractivity (Wildman–Crippen MR) is 86.3 cm³/mol. The maximum absolute atomic E-state index is 11.5. The summed E-state index contributed by atoms with van der Waals surface area (Å²) in [5.41, 5.74) is 1.32. The molecule has 2 aromatic carbocycles. The van der Waals surface area contributed by atoms with Crippen LogP contribution in [0.2, 0.25) is 0 Å². The van der Waals surface area contributed by atoms with E-state index < -0.39 is 11.9 Å². The van der Waals surface area contributed by atoms with Crippen LogP contribution >= 0.6 is 0 Å². The van der Waals surface area contributed by atoms with Crippen LogP contribution in [0, 0.1) is 0 Å². The molecule has 0 amide bonds. The summed E-state index contributed by atoms with van der Waals surface area (Å²) in [6, 6.07) is 13.7. The molecule has 0 aliphatic heterocycles.